The summed E-state index contributed by atoms with van der Waals surface area (Å²) in [5.74, 6) is 0. The number of hydrogen-bond acceptors (Lipinski definition) is 4. The van der Waals surface area contributed by atoms with E-state index in [9.17, 15) is 0 Å². The fourth-order valence-electron chi connectivity index (χ4n) is 2.74. The lowest BCUT2D eigenvalue weighted by Crippen LogP contribution is -2.35. The van der Waals surface area contributed by atoms with Crippen molar-refractivity contribution in [2.75, 3.05) is 26.7 Å². The molecule has 0 atom stereocenters. The Morgan fingerprint density at radius 1 is 1.47 bits per heavy atom. The van der Waals surface area contributed by atoms with E-state index in [-0.39, 0.29) is 6.61 Å². The Hall–Kier alpha value is -0.910. The van der Waals surface area contributed by atoms with Crippen molar-refractivity contribution in [2.24, 2.45) is 0 Å². The molecule has 1 saturated carbocycles. The normalized spacial score (nSPS) is 16.6. The van der Waals surface area contributed by atoms with Gasteiger partial charge in [0.15, 0.2) is 0 Å². The van der Waals surface area contributed by atoms with Gasteiger partial charge < -0.3 is 15.3 Å². The highest BCUT2D eigenvalue weighted by molar-refractivity contribution is 5.03. The van der Waals surface area contributed by atoms with Gasteiger partial charge in [0.2, 0.25) is 0 Å². The summed E-state index contributed by atoms with van der Waals surface area (Å²) in [5, 5.41) is 16.5. The first-order chi connectivity index (χ1) is 9.29. The van der Waals surface area contributed by atoms with E-state index in [0.717, 1.165) is 25.7 Å². The molecule has 1 fully saturated rings. The molecule has 1 aromatic rings. The summed E-state index contributed by atoms with van der Waals surface area (Å²) in [5.41, 5.74) is 1.18. The monoisotopic (exact) mass is 266 g/mol. The molecule has 0 unspecified atom stereocenters. The number of likely N-dealkylation sites (N-methyl/N-ethyl adjacent to an activating group) is 1. The molecular weight excluding hydrogens is 240 g/mol. The van der Waals surface area contributed by atoms with Gasteiger partial charge in [-0.2, -0.15) is 5.10 Å². The Morgan fingerprint density at radius 3 is 3.00 bits per heavy atom. The van der Waals surface area contributed by atoms with Crippen LogP contribution >= 0.6 is 0 Å². The van der Waals surface area contributed by atoms with Crippen molar-refractivity contribution in [3.05, 3.63) is 18.0 Å². The Kier molecular flexibility index (Phi) is 5.82. The smallest absolute Gasteiger partial charge is 0.0640 e. The fraction of sp³-hybridized carbons (Fsp3) is 0.786. The van der Waals surface area contributed by atoms with Gasteiger partial charge in [0.25, 0.3) is 0 Å². The van der Waals surface area contributed by atoms with Crippen molar-refractivity contribution >= 4 is 0 Å². The zero-order valence-electron chi connectivity index (χ0n) is 11.9. The molecule has 108 valence electrons. The lowest BCUT2D eigenvalue weighted by Gasteiger charge is -2.23. The Balaban J connectivity index is 1.60. The van der Waals surface area contributed by atoms with Crippen LogP contribution in [-0.4, -0.2) is 52.6 Å². The van der Waals surface area contributed by atoms with E-state index in [4.69, 9.17) is 5.11 Å². The van der Waals surface area contributed by atoms with Crippen LogP contribution < -0.4 is 5.32 Å². The number of aliphatic hydroxyl groups is 1. The minimum Gasteiger partial charge on any atom is -0.394 e. The van der Waals surface area contributed by atoms with Gasteiger partial charge in [-0.3, -0.25) is 4.68 Å². The first-order valence-corrected chi connectivity index (χ1v) is 7.33. The first kappa shape index (κ1) is 14.5. The molecule has 1 aliphatic carbocycles. The van der Waals surface area contributed by atoms with Crippen LogP contribution in [0, 0.1) is 0 Å². The predicted octanol–water partition coefficient (Wildman–Crippen LogP) is 0.839. The second-order valence-corrected chi connectivity index (χ2v) is 5.43. The predicted molar refractivity (Wildman–Crippen MR) is 75.9 cm³/mol. The number of rotatable bonds is 8. The molecule has 2 N–H and O–H groups in total. The summed E-state index contributed by atoms with van der Waals surface area (Å²) in [6.07, 6.45) is 9.38. The van der Waals surface area contributed by atoms with Gasteiger partial charge in [-0.15, -0.1) is 0 Å². The van der Waals surface area contributed by atoms with E-state index in [1.807, 2.05) is 12.4 Å². The van der Waals surface area contributed by atoms with Crippen molar-refractivity contribution in [1.29, 1.82) is 0 Å². The zero-order chi connectivity index (χ0) is 13.5. The molecule has 1 aromatic heterocycles. The van der Waals surface area contributed by atoms with Crippen molar-refractivity contribution < 1.29 is 5.11 Å². The van der Waals surface area contributed by atoms with Crippen LogP contribution in [0.15, 0.2) is 12.4 Å². The third-order valence-electron chi connectivity index (χ3n) is 3.93. The van der Waals surface area contributed by atoms with Crippen molar-refractivity contribution in [3.63, 3.8) is 0 Å². The number of aliphatic hydroxyl groups excluding tert-OH is 1. The maximum absolute atomic E-state index is 8.83. The number of nitrogens with one attached hydrogen (secondary N) is 1. The van der Waals surface area contributed by atoms with Crippen LogP contribution in [0.4, 0.5) is 0 Å². The third kappa shape index (κ3) is 4.60. The molecule has 5 heteroatoms. The minimum absolute atomic E-state index is 0.140. The molecule has 0 radical (unpaired) electrons. The second-order valence-electron chi connectivity index (χ2n) is 5.43. The molecule has 5 nitrogen and oxygen atoms in total. The van der Waals surface area contributed by atoms with Crippen molar-refractivity contribution in [1.82, 2.24) is 20.0 Å². The van der Waals surface area contributed by atoms with Gasteiger partial charge in [0.05, 0.1) is 19.3 Å². The molecule has 0 aromatic carbocycles. The molecule has 0 aliphatic heterocycles. The molecule has 2 rings (SSSR count). The van der Waals surface area contributed by atoms with Crippen LogP contribution in [0.5, 0.6) is 0 Å². The largest absolute Gasteiger partial charge is 0.394 e. The highest BCUT2D eigenvalue weighted by Crippen LogP contribution is 2.21. The topological polar surface area (TPSA) is 53.3 Å². The molecular formula is C14H26N4O. The SMILES string of the molecule is CN(CCNCc1cnn(CCO)c1)C1CCCC1. The first-order valence-electron chi connectivity index (χ1n) is 7.33. The molecule has 0 amide bonds. The molecule has 0 bridgehead atoms. The Labute approximate surface area is 115 Å². The van der Waals surface area contributed by atoms with Gasteiger partial charge in [0, 0.05) is 37.4 Å². The van der Waals surface area contributed by atoms with E-state index in [2.05, 4.69) is 22.4 Å². The lowest BCUT2D eigenvalue weighted by atomic mass is 10.2. The fourth-order valence-corrected chi connectivity index (χ4v) is 2.74. The van der Waals surface area contributed by atoms with Gasteiger partial charge in [-0.1, -0.05) is 12.8 Å². The van der Waals surface area contributed by atoms with E-state index in [1.165, 1.54) is 31.2 Å². The van der Waals surface area contributed by atoms with Crippen LogP contribution in [-0.2, 0) is 13.1 Å². The van der Waals surface area contributed by atoms with Crippen LogP contribution in [0.1, 0.15) is 31.2 Å². The average molecular weight is 266 g/mol. The summed E-state index contributed by atoms with van der Waals surface area (Å²) >= 11 is 0. The van der Waals surface area contributed by atoms with Gasteiger partial charge in [0.1, 0.15) is 0 Å². The maximum Gasteiger partial charge on any atom is 0.0640 e. The molecule has 19 heavy (non-hydrogen) atoms. The van der Waals surface area contributed by atoms with Gasteiger partial charge in [-0.25, -0.2) is 0 Å². The molecule has 1 aliphatic rings. The summed E-state index contributed by atoms with van der Waals surface area (Å²) in [4.78, 5) is 2.48. The zero-order valence-corrected chi connectivity index (χ0v) is 11.9. The van der Waals surface area contributed by atoms with Crippen LogP contribution in [0.3, 0.4) is 0 Å². The summed E-state index contributed by atoms with van der Waals surface area (Å²) in [6, 6.07) is 0.800. The van der Waals surface area contributed by atoms with Gasteiger partial charge >= 0.3 is 0 Å². The lowest BCUT2D eigenvalue weighted by molar-refractivity contribution is 0.245. The number of aromatic nitrogens is 2. The van der Waals surface area contributed by atoms with E-state index in [1.54, 1.807) is 4.68 Å². The molecule has 0 spiro atoms. The molecule has 1 heterocycles. The third-order valence-corrected chi connectivity index (χ3v) is 3.93. The van der Waals surface area contributed by atoms with Crippen molar-refractivity contribution in [2.45, 2.75) is 44.8 Å². The second kappa shape index (κ2) is 7.62. The summed E-state index contributed by atoms with van der Waals surface area (Å²) in [7, 11) is 2.23. The average Bonchev–Trinajstić information content (AvgIpc) is 3.06. The van der Waals surface area contributed by atoms with Gasteiger partial charge in [-0.05, 0) is 19.9 Å². The summed E-state index contributed by atoms with van der Waals surface area (Å²) < 4.78 is 1.78. The van der Waals surface area contributed by atoms with Crippen molar-refractivity contribution in [3.8, 4) is 0 Å². The highest BCUT2D eigenvalue weighted by Gasteiger charge is 2.18. The number of hydrogen-bond donors (Lipinski definition) is 2. The highest BCUT2D eigenvalue weighted by atomic mass is 16.3. The van der Waals surface area contributed by atoms with E-state index >= 15 is 0 Å². The van der Waals surface area contributed by atoms with Crippen LogP contribution in [0.25, 0.3) is 0 Å². The summed E-state index contributed by atoms with van der Waals surface area (Å²) in [6.45, 7) is 3.68. The standard InChI is InChI=1S/C14H26N4O/c1-17(14-4-2-3-5-14)7-6-15-10-13-11-16-18(12-13)8-9-19/h11-12,14-15,19H,2-10H2,1H3. The minimum atomic E-state index is 0.140. The number of nitrogens with zero attached hydrogens (tertiary/aromatic N) is 3. The Bertz CT molecular complexity index is 360. The van der Waals surface area contributed by atoms with E-state index < -0.39 is 0 Å². The maximum atomic E-state index is 8.83. The van der Waals surface area contributed by atoms with E-state index in [0.29, 0.717) is 6.54 Å². The quantitative estimate of drug-likeness (QED) is 0.685. The Morgan fingerprint density at radius 2 is 2.26 bits per heavy atom. The van der Waals surface area contributed by atoms with Crippen LogP contribution in [0.2, 0.25) is 0 Å². The molecule has 0 saturated heterocycles.